The molecule has 1 unspecified atom stereocenters. The summed E-state index contributed by atoms with van der Waals surface area (Å²) < 4.78 is 0. The fourth-order valence-corrected chi connectivity index (χ4v) is 4.93. The summed E-state index contributed by atoms with van der Waals surface area (Å²) in [5, 5.41) is 7.59. The SMILES string of the molecule is CC(C)[NH+]1CCc2c(sc3c2C(=O)N[C@H](/C=C\c2ccccc2)N3)C1. The van der Waals surface area contributed by atoms with Crippen molar-refractivity contribution in [1.29, 1.82) is 0 Å². The molecule has 4 nitrogen and oxygen atoms in total. The largest absolute Gasteiger partial charge is 0.353 e. The molecule has 0 fully saturated rings. The van der Waals surface area contributed by atoms with Crippen molar-refractivity contribution in [2.24, 2.45) is 0 Å². The van der Waals surface area contributed by atoms with Crippen molar-refractivity contribution < 1.29 is 9.69 Å². The zero-order valence-electron chi connectivity index (χ0n) is 14.6. The summed E-state index contributed by atoms with van der Waals surface area (Å²) in [5.74, 6) is 0.0574. The van der Waals surface area contributed by atoms with Gasteiger partial charge in [0.15, 0.2) is 0 Å². The number of thiophene rings is 1. The zero-order chi connectivity index (χ0) is 17.4. The van der Waals surface area contributed by atoms with Crippen LogP contribution in [0.2, 0.25) is 0 Å². The molecular formula is C20H24N3OS+. The van der Waals surface area contributed by atoms with Gasteiger partial charge in [-0.2, -0.15) is 0 Å². The topological polar surface area (TPSA) is 45.6 Å². The summed E-state index contributed by atoms with van der Waals surface area (Å²) in [4.78, 5) is 15.6. The van der Waals surface area contributed by atoms with E-state index in [1.54, 1.807) is 16.2 Å². The van der Waals surface area contributed by atoms with Gasteiger partial charge in [0.25, 0.3) is 5.91 Å². The van der Waals surface area contributed by atoms with Crippen molar-refractivity contribution in [3.63, 3.8) is 0 Å². The van der Waals surface area contributed by atoms with Crippen LogP contribution in [0.3, 0.4) is 0 Å². The Bertz CT molecular complexity index is 810. The second kappa shape index (κ2) is 6.65. The fraction of sp³-hybridized carbons (Fsp3) is 0.350. The molecule has 1 aromatic heterocycles. The van der Waals surface area contributed by atoms with Crippen molar-refractivity contribution in [2.45, 2.75) is 39.0 Å². The Balaban J connectivity index is 1.56. The van der Waals surface area contributed by atoms with E-state index in [0.29, 0.717) is 6.04 Å². The molecule has 0 bridgehead atoms. The molecule has 0 aliphatic carbocycles. The Morgan fingerprint density at radius 2 is 2.04 bits per heavy atom. The third-order valence-electron chi connectivity index (χ3n) is 5.07. The van der Waals surface area contributed by atoms with Crippen molar-refractivity contribution in [1.82, 2.24) is 5.32 Å². The first-order valence-corrected chi connectivity index (χ1v) is 9.73. The van der Waals surface area contributed by atoms with Crippen molar-refractivity contribution >= 4 is 28.3 Å². The van der Waals surface area contributed by atoms with E-state index in [4.69, 9.17) is 0 Å². The van der Waals surface area contributed by atoms with Gasteiger partial charge in [0.2, 0.25) is 0 Å². The number of carbonyl (C=O) groups is 1. The summed E-state index contributed by atoms with van der Waals surface area (Å²) in [5.41, 5.74) is 3.28. The molecular weight excluding hydrogens is 330 g/mol. The lowest BCUT2D eigenvalue weighted by Gasteiger charge is -2.28. The molecule has 0 spiro atoms. The minimum Gasteiger partial charge on any atom is -0.353 e. The average molecular weight is 354 g/mol. The first kappa shape index (κ1) is 16.4. The Labute approximate surface area is 152 Å². The summed E-state index contributed by atoms with van der Waals surface area (Å²) in [7, 11) is 0. The van der Waals surface area contributed by atoms with E-state index in [1.807, 2.05) is 30.4 Å². The molecule has 5 heteroatoms. The normalized spacial score (nSPS) is 22.4. The molecule has 0 saturated carbocycles. The minimum atomic E-state index is -0.158. The summed E-state index contributed by atoms with van der Waals surface area (Å²) >= 11 is 1.76. The Morgan fingerprint density at radius 3 is 2.80 bits per heavy atom. The lowest BCUT2D eigenvalue weighted by Crippen LogP contribution is -3.14. The van der Waals surface area contributed by atoms with Gasteiger partial charge >= 0.3 is 0 Å². The highest BCUT2D eigenvalue weighted by Crippen LogP contribution is 2.36. The number of hydrogen-bond donors (Lipinski definition) is 3. The molecule has 25 heavy (non-hydrogen) atoms. The second-order valence-corrected chi connectivity index (χ2v) is 8.17. The number of rotatable bonds is 3. The van der Waals surface area contributed by atoms with Crippen LogP contribution in [0.1, 0.15) is 40.2 Å². The van der Waals surface area contributed by atoms with E-state index >= 15 is 0 Å². The molecule has 2 aromatic rings. The standard InChI is InChI=1S/C20H23N3OS/c1-13(2)23-11-10-15-16(12-23)25-20-18(15)19(24)21-17(22-20)9-8-14-6-4-3-5-7-14/h3-9,13,17,22H,10-12H2,1-2H3,(H,21,24)/p+1/b9-8-/t17-/m0/s1. The predicted octanol–water partition coefficient (Wildman–Crippen LogP) is 2.29. The Hall–Kier alpha value is -2.11. The second-order valence-electron chi connectivity index (χ2n) is 7.06. The van der Waals surface area contributed by atoms with Crippen LogP contribution in [0.5, 0.6) is 0 Å². The zero-order valence-corrected chi connectivity index (χ0v) is 15.5. The highest BCUT2D eigenvalue weighted by atomic mass is 32.1. The van der Waals surface area contributed by atoms with Crippen molar-refractivity contribution in [3.8, 4) is 0 Å². The first-order valence-electron chi connectivity index (χ1n) is 8.91. The lowest BCUT2D eigenvalue weighted by atomic mass is 10.0. The van der Waals surface area contributed by atoms with Crippen LogP contribution in [0.15, 0.2) is 36.4 Å². The van der Waals surface area contributed by atoms with E-state index in [2.05, 4.69) is 36.6 Å². The maximum Gasteiger partial charge on any atom is 0.256 e. The number of hydrogen-bond acceptors (Lipinski definition) is 3. The van der Waals surface area contributed by atoms with Gasteiger partial charge in [0, 0.05) is 6.42 Å². The molecule has 1 amide bonds. The number of benzene rings is 1. The monoisotopic (exact) mass is 354 g/mol. The van der Waals surface area contributed by atoms with Crippen LogP contribution in [0.25, 0.3) is 6.08 Å². The molecule has 130 valence electrons. The van der Waals surface area contributed by atoms with E-state index < -0.39 is 0 Å². The molecule has 0 radical (unpaired) electrons. The summed E-state index contributed by atoms with van der Waals surface area (Å²) in [6.07, 6.45) is 4.89. The summed E-state index contributed by atoms with van der Waals surface area (Å²) in [6.45, 7) is 6.68. The van der Waals surface area contributed by atoms with Crippen LogP contribution in [0, 0.1) is 0 Å². The number of amides is 1. The van der Waals surface area contributed by atoms with Crippen LogP contribution in [-0.2, 0) is 13.0 Å². The van der Waals surface area contributed by atoms with E-state index in [-0.39, 0.29) is 12.1 Å². The van der Waals surface area contributed by atoms with E-state index in [9.17, 15) is 4.79 Å². The van der Waals surface area contributed by atoms with Crippen molar-refractivity contribution in [2.75, 3.05) is 11.9 Å². The highest BCUT2D eigenvalue weighted by Gasteiger charge is 2.34. The first-order chi connectivity index (χ1) is 12.1. The third-order valence-corrected chi connectivity index (χ3v) is 6.24. The van der Waals surface area contributed by atoms with E-state index in [1.165, 1.54) is 10.4 Å². The molecule has 4 rings (SSSR count). The molecule has 3 heterocycles. The molecule has 2 aliphatic rings. The average Bonchev–Trinajstić information content (AvgIpc) is 2.98. The molecule has 0 saturated heterocycles. The molecule has 3 N–H and O–H groups in total. The smallest absolute Gasteiger partial charge is 0.256 e. The lowest BCUT2D eigenvalue weighted by molar-refractivity contribution is -0.936. The molecule has 1 aromatic carbocycles. The maximum absolute atomic E-state index is 12.7. The Kier molecular flexibility index (Phi) is 4.36. The van der Waals surface area contributed by atoms with Gasteiger partial charge < -0.3 is 15.5 Å². The maximum atomic E-state index is 12.7. The third kappa shape index (κ3) is 3.22. The predicted molar refractivity (Wildman–Crippen MR) is 103 cm³/mol. The highest BCUT2D eigenvalue weighted by molar-refractivity contribution is 7.16. The van der Waals surface area contributed by atoms with Gasteiger partial charge in [-0.1, -0.05) is 36.4 Å². The van der Waals surface area contributed by atoms with Gasteiger partial charge in [-0.3, -0.25) is 4.79 Å². The fourth-order valence-electron chi connectivity index (χ4n) is 3.59. The number of nitrogens with one attached hydrogen (secondary N) is 3. The minimum absolute atomic E-state index is 0.0574. The number of carbonyl (C=O) groups excluding carboxylic acids is 1. The number of anilines is 1. The molecule has 2 atom stereocenters. The van der Waals surface area contributed by atoms with Crippen LogP contribution in [-0.4, -0.2) is 24.7 Å². The quantitative estimate of drug-likeness (QED) is 0.792. The van der Waals surface area contributed by atoms with Gasteiger partial charge in [-0.25, -0.2) is 0 Å². The van der Waals surface area contributed by atoms with E-state index in [0.717, 1.165) is 35.6 Å². The van der Waals surface area contributed by atoms with Crippen LogP contribution >= 0.6 is 11.3 Å². The van der Waals surface area contributed by atoms with Gasteiger partial charge in [-0.05, 0) is 31.1 Å². The van der Waals surface area contributed by atoms with Gasteiger partial charge in [0.1, 0.15) is 17.7 Å². The van der Waals surface area contributed by atoms with Crippen LogP contribution in [0.4, 0.5) is 5.00 Å². The van der Waals surface area contributed by atoms with Crippen molar-refractivity contribution in [3.05, 3.63) is 58.0 Å². The number of quaternary nitrogens is 1. The van der Waals surface area contributed by atoms with Crippen LogP contribution < -0.4 is 15.5 Å². The Morgan fingerprint density at radius 1 is 1.24 bits per heavy atom. The van der Waals surface area contributed by atoms with Gasteiger partial charge in [-0.15, -0.1) is 11.3 Å². The number of fused-ring (bicyclic) bond motifs is 3. The summed E-state index contributed by atoms with van der Waals surface area (Å²) in [6, 6.07) is 10.8. The molecule has 2 aliphatic heterocycles. The van der Waals surface area contributed by atoms with Gasteiger partial charge in [0.05, 0.1) is 23.0 Å².